The number of rotatable bonds is 14. The standard InChI is InChI=1S/C37H44N4O7/c1-6-23(2)33(36(45)46)39-32(42)21-40(4)35(44)31(20-25-14-8-7-9-15-25)41(5)34(43)24(3)38-37(47)48-22-30-28-18-12-10-16-26(28)27-17-11-13-19-29(27)30/h7-19,23-24,30-31,33H,6,20-22H2,1-5H3,(H,38,47)(H,39,42)(H,45,46)/t23-,24-,31-,33-/m0/s1. The molecule has 1 aliphatic rings. The Labute approximate surface area is 281 Å². The normalized spacial score (nSPS) is 14.4. The van der Waals surface area contributed by atoms with E-state index >= 15 is 0 Å². The van der Waals surface area contributed by atoms with Crippen molar-refractivity contribution in [1.29, 1.82) is 0 Å². The summed E-state index contributed by atoms with van der Waals surface area (Å²) in [6, 6.07) is 21.9. The van der Waals surface area contributed by atoms with Gasteiger partial charge in [-0.2, -0.15) is 0 Å². The highest BCUT2D eigenvalue weighted by atomic mass is 16.5. The number of fused-ring (bicyclic) bond motifs is 3. The van der Waals surface area contributed by atoms with E-state index in [1.54, 1.807) is 6.92 Å². The Morgan fingerprint density at radius 1 is 0.812 bits per heavy atom. The lowest BCUT2D eigenvalue weighted by Gasteiger charge is -2.32. The van der Waals surface area contributed by atoms with Crippen LogP contribution in [0.15, 0.2) is 78.9 Å². The minimum Gasteiger partial charge on any atom is -0.480 e. The fourth-order valence-electron chi connectivity index (χ4n) is 6.01. The molecule has 0 saturated heterocycles. The van der Waals surface area contributed by atoms with Gasteiger partial charge in [-0.15, -0.1) is 0 Å². The fourth-order valence-corrected chi connectivity index (χ4v) is 6.01. The number of nitrogens with one attached hydrogen (secondary N) is 2. The summed E-state index contributed by atoms with van der Waals surface area (Å²) >= 11 is 0. The van der Waals surface area contributed by atoms with Crippen LogP contribution in [0.25, 0.3) is 11.1 Å². The number of carbonyl (C=O) groups is 5. The molecule has 4 amide bonds. The van der Waals surface area contributed by atoms with Gasteiger partial charge >= 0.3 is 12.1 Å². The Hall–Kier alpha value is -5.19. The number of benzene rings is 3. The lowest BCUT2D eigenvalue weighted by molar-refractivity contribution is -0.147. The molecule has 0 aromatic heterocycles. The van der Waals surface area contributed by atoms with Crippen molar-refractivity contribution in [2.24, 2.45) is 5.92 Å². The van der Waals surface area contributed by atoms with Gasteiger partial charge in [-0.05, 0) is 40.7 Å². The smallest absolute Gasteiger partial charge is 0.407 e. The predicted octanol–water partition coefficient (Wildman–Crippen LogP) is 4.06. The van der Waals surface area contributed by atoms with Crippen LogP contribution in [-0.4, -0.2) is 90.1 Å². The van der Waals surface area contributed by atoms with Crippen molar-refractivity contribution in [2.75, 3.05) is 27.2 Å². The number of carbonyl (C=O) groups excluding carboxylic acids is 4. The summed E-state index contributed by atoms with van der Waals surface area (Å²) < 4.78 is 5.62. The molecule has 0 saturated carbocycles. The van der Waals surface area contributed by atoms with E-state index in [1.807, 2.05) is 85.8 Å². The summed E-state index contributed by atoms with van der Waals surface area (Å²) in [5.74, 6) is -3.29. The molecule has 0 unspecified atom stereocenters. The lowest BCUT2D eigenvalue weighted by atomic mass is 9.98. The van der Waals surface area contributed by atoms with Gasteiger partial charge in [0.15, 0.2) is 0 Å². The van der Waals surface area contributed by atoms with Crippen LogP contribution in [0.2, 0.25) is 0 Å². The minimum atomic E-state index is -1.16. The van der Waals surface area contributed by atoms with Crippen molar-refractivity contribution in [3.8, 4) is 11.1 Å². The van der Waals surface area contributed by atoms with Crippen LogP contribution in [0, 0.1) is 5.92 Å². The van der Waals surface area contributed by atoms with Crippen LogP contribution in [0.4, 0.5) is 4.79 Å². The number of alkyl carbamates (subject to hydrolysis) is 1. The molecule has 48 heavy (non-hydrogen) atoms. The summed E-state index contributed by atoms with van der Waals surface area (Å²) in [5, 5.41) is 14.7. The van der Waals surface area contributed by atoms with Crippen molar-refractivity contribution in [3.05, 3.63) is 95.6 Å². The quantitative estimate of drug-likeness (QED) is 0.237. The van der Waals surface area contributed by atoms with Gasteiger partial charge in [-0.3, -0.25) is 14.4 Å². The summed E-state index contributed by atoms with van der Waals surface area (Å²) in [6.07, 6.45) is -0.0728. The second-order valence-corrected chi connectivity index (χ2v) is 12.3. The number of hydrogen-bond donors (Lipinski definition) is 3. The molecule has 11 nitrogen and oxygen atoms in total. The number of likely N-dealkylation sites (N-methyl/N-ethyl adjacent to an activating group) is 2. The summed E-state index contributed by atoms with van der Waals surface area (Å²) in [5.41, 5.74) is 5.11. The van der Waals surface area contributed by atoms with Crippen molar-refractivity contribution in [2.45, 2.75) is 57.7 Å². The van der Waals surface area contributed by atoms with Crippen molar-refractivity contribution in [1.82, 2.24) is 20.4 Å². The highest BCUT2D eigenvalue weighted by molar-refractivity contribution is 5.93. The third kappa shape index (κ3) is 8.39. The second-order valence-electron chi connectivity index (χ2n) is 12.3. The van der Waals surface area contributed by atoms with E-state index in [2.05, 4.69) is 10.6 Å². The molecular formula is C37H44N4O7. The minimum absolute atomic E-state index is 0.0817. The Kier molecular flexibility index (Phi) is 11.9. The van der Waals surface area contributed by atoms with Gasteiger partial charge in [0.2, 0.25) is 17.7 Å². The molecule has 254 valence electrons. The zero-order valence-electron chi connectivity index (χ0n) is 28.0. The molecule has 4 rings (SSSR count). The maximum atomic E-state index is 13.8. The fraction of sp³-hybridized carbons (Fsp3) is 0.378. The average Bonchev–Trinajstić information content (AvgIpc) is 3.41. The van der Waals surface area contributed by atoms with Gasteiger partial charge in [0, 0.05) is 26.4 Å². The maximum absolute atomic E-state index is 13.8. The van der Waals surface area contributed by atoms with Crippen LogP contribution in [0.1, 0.15) is 49.8 Å². The molecule has 0 radical (unpaired) electrons. The molecule has 3 N–H and O–H groups in total. The number of aliphatic carboxylic acids is 1. The van der Waals surface area contributed by atoms with Crippen LogP contribution >= 0.6 is 0 Å². The van der Waals surface area contributed by atoms with E-state index in [-0.39, 0.29) is 24.9 Å². The van der Waals surface area contributed by atoms with E-state index in [1.165, 1.54) is 30.8 Å². The Morgan fingerprint density at radius 3 is 1.94 bits per heavy atom. The molecule has 0 fully saturated rings. The zero-order valence-corrected chi connectivity index (χ0v) is 28.0. The SMILES string of the molecule is CC[C@H](C)[C@H](NC(=O)CN(C)C(=O)[C@H](Cc1ccccc1)N(C)C(=O)[C@H](C)NC(=O)OCC1c2ccccc2-c2ccccc21)C(=O)O. The van der Waals surface area contributed by atoms with Crippen LogP contribution < -0.4 is 10.6 Å². The van der Waals surface area contributed by atoms with Gasteiger partial charge in [-0.25, -0.2) is 9.59 Å². The summed E-state index contributed by atoms with van der Waals surface area (Å²) in [4.78, 5) is 67.2. The van der Waals surface area contributed by atoms with E-state index in [0.29, 0.717) is 6.42 Å². The maximum Gasteiger partial charge on any atom is 0.407 e. The van der Waals surface area contributed by atoms with E-state index < -0.39 is 54.5 Å². The predicted molar refractivity (Wildman–Crippen MR) is 181 cm³/mol. The number of amides is 4. The first-order valence-corrected chi connectivity index (χ1v) is 16.1. The molecule has 4 atom stereocenters. The number of nitrogens with zero attached hydrogens (tertiary/aromatic N) is 2. The second kappa shape index (κ2) is 16.1. The molecule has 0 heterocycles. The Balaban J connectivity index is 1.41. The molecule has 0 aliphatic heterocycles. The zero-order chi connectivity index (χ0) is 35.0. The van der Waals surface area contributed by atoms with Crippen LogP contribution in [0.3, 0.4) is 0 Å². The first kappa shape index (κ1) is 35.7. The van der Waals surface area contributed by atoms with Crippen molar-refractivity contribution >= 4 is 29.8 Å². The third-order valence-corrected chi connectivity index (χ3v) is 8.97. The number of ether oxygens (including phenoxy) is 1. The number of carboxylic acids is 1. The van der Waals surface area contributed by atoms with Gasteiger partial charge in [0.1, 0.15) is 24.7 Å². The molecular weight excluding hydrogens is 612 g/mol. The Bertz CT molecular complexity index is 1580. The molecule has 0 bridgehead atoms. The monoisotopic (exact) mass is 656 g/mol. The van der Waals surface area contributed by atoms with Crippen LogP contribution in [-0.2, 0) is 30.3 Å². The van der Waals surface area contributed by atoms with Gasteiger partial charge in [0.25, 0.3) is 0 Å². The van der Waals surface area contributed by atoms with Gasteiger partial charge in [-0.1, -0.05) is 99.1 Å². The van der Waals surface area contributed by atoms with E-state index in [9.17, 15) is 29.1 Å². The molecule has 3 aromatic carbocycles. The summed E-state index contributed by atoms with van der Waals surface area (Å²) in [6.45, 7) is 4.75. The lowest BCUT2D eigenvalue weighted by Crippen LogP contribution is -2.56. The third-order valence-electron chi connectivity index (χ3n) is 8.97. The summed E-state index contributed by atoms with van der Waals surface area (Å²) in [7, 11) is 2.90. The van der Waals surface area contributed by atoms with E-state index in [0.717, 1.165) is 27.8 Å². The highest BCUT2D eigenvalue weighted by Gasteiger charge is 2.34. The first-order valence-electron chi connectivity index (χ1n) is 16.1. The average molecular weight is 657 g/mol. The molecule has 0 spiro atoms. The van der Waals surface area contributed by atoms with Gasteiger partial charge in [0.05, 0.1) is 6.54 Å². The Morgan fingerprint density at radius 2 is 1.38 bits per heavy atom. The number of carboxylic acid groups (broad SMARTS) is 1. The van der Waals surface area contributed by atoms with E-state index in [4.69, 9.17) is 4.74 Å². The topological polar surface area (TPSA) is 145 Å². The van der Waals surface area contributed by atoms with Crippen molar-refractivity contribution < 1.29 is 33.8 Å². The molecule has 3 aromatic rings. The molecule has 1 aliphatic carbocycles. The van der Waals surface area contributed by atoms with Crippen molar-refractivity contribution in [3.63, 3.8) is 0 Å². The van der Waals surface area contributed by atoms with Gasteiger partial charge < -0.3 is 30.3 Å². The largest absolute Gasteiger partial charge is 0.480 e. The number of hydrogen-bond acceptors (Lipinski definition) is 6. The highest BCUT2D eigenvalue weighted by Crippen LogP contribution is 2.44. The molecule has 11 heteroatoms. The first-order chi connectivity index (χ1) is 22.9. The van der Waals surface area contributed by atoms with Crippen LogP contribution in [0.5, 0.6) is 0 Å².